The lowest BCUT2D eigenvalue weighted by atomic mass is 9.78. The van der Waals surface area contributed by atoms with Crippen LogP contribution < -0.4 is 0 Å². The van der Waals surface area contributed by atoms with Crippen molar-refractivity contribution in [2.45, 2.75) is 19.3 Å². The topological polar surface area (TPSA) is 38.9 Å². The maximum atomic E-state index is 6.31. The highest BCUT2D eigenvalue weighted by molar-refractivity contribution is 6.13. The van der Waals surface area contributed by atoms with Gasteiger partial charge in [-0.2, -0.15) is 0 Å². The van der Waals surface area contributed by atoms with Gasteiger partial charge < -0.3 is 4.42 Å². The Labute approximate surface area is 348 Å². The standard InChI is InChI=1S/C57H38N2O/c1-57(2)48-32-29-35-15-6-7-20-40(35)53(48)47-26-13-24-41(55(47)57)38-19-12-18-37(33-38)39-30-31-44(43-22-9-8-21-42(39)43)49-34-50(59-56(58-49)36-16-4-3-5-17-36)45-25-14-28-52-54(45)46-23-10-11-27-51(46)60-52/h3-34H,1-2H3. The molecule has 0 saturated carbocycles. The van der Waals surface area contributed by atoms with E-state index in [0.29, 0.717) is 5.82 Å². The summed E-state index contributed by atoms with van der Waals surface area (Å²) in [6, 6.07) is 69.4. The van der Waals surface area contributed by atoms with E-state index in [1.165, 1.54) is 60.7 Å². The lowest BCUT2D eigenvalue weighted by Crippen LogP contribution is -2.16. The van der Waals surface area contributed by atoms with E-state index in [4.69, 9.17) is 14.4 Å². The first-order valence-electron chi connectivity index (χ1n) is 20.7. The van der Waals surface area contributed by atoms with E-state index in [1.807, 2.05) is 42.5 Å². The minimum absolute atomic E-state index is 0.152. The Hall–Kier alpha value is -7.62. The Morgan fingerprint density at radius 2 is 0.983 bits per heavy atom. The van der Waals surface area contributed by atoms with Gasteiger partial charge >= 0.3 is 0 Å². The summed E-state index contributed by atoms with van der Waals surface area (Å²) in [4.78, 5) is 10.5. The maximum absolute atomic E-state index is 6.31. The van der Waals surface area contributed by atoms with Crippen LogP contribution in [0.25, 0.3) is 111 Å². The van der Waals surface area contributed by atoms with Crippen molar-refractivity contribution in [2.75, 3.05) is 0 Å². The number of furan rings is 1. The Bertz CT molecular complexity index is 3520. The van der Waals surface area contributed by atoms with E-state index in [-0.39, 0.29) is 5.41 Å². The molecule has 0 spiro atoms. The quantitative estimate of drug-likeness (QED) is 0.175. The fourth-order valence-corrected chi connectivity index (χ4v) is 9.95. The molecule has 11 aromatic rings. The summed E-state index contributed by atoms with van der Waals surface area (Å²) in [7, 11) is 0. The third-order valence-electron chi connectivity index (χ3n) is 12.7. The summed E-state index contributed by atoms with van der Waals surface area (Å²) in [5.74, 6) is 0.683. The average Bonchev–Trinajstić information content (AvgIpc) is 3.81. The molecule has 0 amide bonds. The van der Waals surface area contributed by atoms with Crippen LogP contribution in [0, 0.1) is 0 Å². The first-order chi connectivity index (χ1) is 29.5. The van der Waals surface area contributed by atoms with Crippen LogP contribution in [0.15, 0.2) is 199 Å². The highest BCUT2D eigenvalue weighted by atomic mass is 16.3. The second-order valence-corrected chi connectivity index (χ2v) is 16.5. The van der Waals surface area contributed by atoms with Gasteiger partial charge in [0.1, 0.15) is 11.2 Å². The zero-order chi connectivity index (χ0) is 40.0. The van der Waals surface area contributed by atoms with E-state index in [0.717, 1.165) is 55.4 Å². The number of fused-ring (bicyclic) bond motifs is 9. The van der Waals surface area contributed by atoms with Gasteiger partial charge in [-0.25, -0.2) is 9.97 Å². The van der Waals surface area contributed by atoms with Gasteiger partial charge in [-0.3, -0.25) is 0 Å². The van der Waals surface area contributed by atoms with Crippen molar-refractivity contribution in [2.24, 2.45) is 0 Å². The summed E-state index contributed by atoms with van der Waals surface area (Å²) in [6.45, 7) is 4.76. The fraction of sp³-hybridized carbons (Fsp3) is 0.0526. The van der Waals surface area contributed by atoms with E-state index >= 15 is 0 Å². The van der Waals surface area contributed by atoms with Crippen molar-refractivity contribution < 1.29 is 4.42 Å². The van der Waals surface area contributed by atoms with Gasteiger partial charge in [0.05, 0.1) is 11.4 Å². The molecule has 0 atom stereocenters. The summed E-state index contributed by atoms with van der Waals surface area (Å²) in [5, 5.41) is 7.04. The van der Waals surface area contributed by atoms with Gasteiger partial charge in [-0.1, -0.05) is 184 Å². The van der Waals surface area contributed by atoms with E-state index in [2.05, 4.69) is 166 Å². The van der Waals surface area contributed by atoms with Crippen LogP contribution in [0.1, 0.15) is 25.0 Å². The predicted molar refractivity (Wildman–Crippen MR) is 249 cm³/mol. The van der Waals surface area contributed by atoms with Gasteiger partial charge in [0.2, 0.25) is 0 Å². The molecule has 12 rings (SSSR count). The lowest BCUT2D eigenvalue weighted by molar-refractivity contribution is 0.662. The molecule has 0 saturated heterocycles. The molecule has 0 radical (unpaired) electrons. The summed E-state index contributed by atoms with van der Waals surface area (Å²) in [6.07, 6.45) is 0. The number of para-hydroxylation sites is 1. The summed E-state index contributed by atoms with van der Waals surface area (Å²) >= 11 is 0. The molecule has 2 aromatic heterocycles. The highest BCUT2D eigenvalue weighted by Crippen LogP contribution is 2.54. The molecule has 3 nitrogen and oxygen atoms in total. The Morgan fingerprint density at radius 1 is 0.400 bits per heavy atom. The minimum atomic E-state index is -0.152. The van der Waals surface area contributed by atoms with Gasteiger partial charge in [0, 0.05) is 32.9 Å². The molecule has 1 aliphatic rings. The number of hydrogen-bond donors (Lipinski definition) is 0. The fourth-order valence-electron chi connectivity index (χ4n) is 9.95. The van der Waals surface area contributed by atoms with Crippen LogP contribution >= 0.6 is 0 Å². The summed E-state index contributed by atoms with van der Waals surface area (Å²) in [5.41, 5.74) is 16.7. The van der Waals surface area contributed by atoms with Crippen molar-refractivity contribution in [1.29, 1.82) is 0 Å². The number of aromatic nitrogens is 2. The van der Waals surface area contributed by atoms with E-state index < -0.39 is 0 Å². The van der Waals surface area contributed by atoms with Crippen LogP contribution in [-0.2, 0) is 5.41 Å². The first kappa shape index (κ1) is 34.4. The molecular weight excluding hydrogens is 729 g/mol. The lowest BCUT2D eigenvalue weighted by Gasteiger charge is -2.25. The van der Waals surface area contributed by atoms with Crippen LogP contribution in [0.4, 0.5) is 0 Å². The van der Waals surface area contributed by atoms with Crippen molar-refractivity contribution in [3.05, 3.63) is 205 Å². The van der Waals surface area contributed by atoms with E-state index in [1.54, 1.807) is 0 Å². The third-order valence-corrected chi connectivity index (χ3v) is 12.7. The van der Waals surface area contributed by atoms with Crippen LogP contribution in [0.2, 0.25) is 0 Å². The molecule has 0 aliphatic heterocycles. The maximum Gasteiger partial charge on any atom is 0.160 e. The number of hydrogen-bond acceptors (Lipinski definition) is 3. The zero-order valence-corrected chi connectivity index (χ0v) is 33.3. The molecule has 0 bridgehead atoms. The van der Waals surface area contributed by atoms with Crippen LogP contribution in [0.5, 0.6) is 0 Å². The second-order valence-electron chi connectivity index (χ2n) is 16.5. The molecule has 60 heavy (non-hydrogen) atoms. The molecule has 1 aliphatic carbocycles. The molecule has 2 heterocycles. The Kier molecular flexibility index (Phi) is 7.58. The minimum Gasteiger partial charge on any atom is -0.456 e. The summed E-state index contributed by atoms with van der Waals surface area (Å²) < 4.78 is 6.31. The smallest absolute Gasteiger partial charge is 0.160 e. The first-order valence-corrected chi connectivity index (χ1v) is 20.7. The number of rotatable bonds is 5. The van der Waals surface area contributed by atoms with Gasteiger partial charge in [-0.05, 0) is 90.3 Å². The van der Waals surface area contributed by atoms with Crippen molar-refractivity contribution in [3.8, 4) is 67.3 Å². The van der Waals surface area contributed by atoms with Gasteiger partial charge in [-0.15, -0.1) is 0 Å². The molecular formula is C57H38N2O. The zero-order valence-electron chi connectivity index (χ0n) is 33.3. The normalized spacial score (nSPS) is 13.0. The highest BCUT2D eigenvalue weighted by Gasteiger charge is 2.38. The molecule has 0 unspecified atom stereocenters. The van der Waals surface area contributed by atoms with E-state index in [9.17, 15) is 0 Å². The van der Waals surface area contributed by atoms with Crippen LogP contribution in [0.3, 0.4) is 0 Å². The van der Waals surface area contributed by atoms with Crippen molar-refractivity contribution in [1.82, 2.24) is 9.97 Å². The SMILES string of the molecule is CC1(C)c2ccc3ccccc3c2-c2cccc(-c3cccc(-c4ccc(-c5cc(-c6cccc7oc8ccccc8c67)nc(-c6ccccc6)n5)c5ccccc45)c3)c21. The molecule has 3 heteroatoms. The van der Waals surface area contributed by atoms with Crippen molar-refractivity contribution >= 4 is 43.5 Å². The Balaban J connectivity index is 1.01. The largest absolute Gasteiger partial charge is 0.456 e. The average molecular weight is 767 g/mol. The molecule has 0 N–H and O–H groups in total. The molecule has 0 fully saturated rings. The van der Waals surface area contributed by atoms with Crippen LogP contribution in [-0.4, -0.2) is 9.97 Å². The third kappa shape index (κ3) is 5.22. The molecule has 282 valence electrons. The van der Waals surface area contributed by atoms with Gasteiger partial charge in [0.25, 0.3) is 0 Å². The second kappa shape index (κ2) is 13.2. The Morgan fingerprint density at radius 3 is 1.82 bits per heavy atom. The predicted octanol–water partition coefficient (Wildman–Crippen LogP) is 15.3. The van der Waals surface area contributed by atoms with Crippen molar-refractivity contribution in [3.63, 3.8) is 0 Å². The molecule has 9 aromatic carbocycles. The number of nitrogens with zero attached hydrogens (tertiary/aromatic N) is 2. The van der Waals surface area contributed by atoms with Gasteiger partial charge in [0.15, 0.2) is 5.82 Å². The number of benzene rings is 9. The monoisotopic (exact) mass is 766 g/mol.